The highest BCUT2D eigenvalue weighted by molar-refractivity contribution is 5.74. The average Bonchev–Trinajstić information content (AvgIpc) is 2.59. The maximum absolute atomic E-state index is 12.1. The van der Waals surface area contributed by atoms with Crippen molar-refractivity contribution in [1.82, 2.24) is 10.2 Å². The number of methoxy groups -OCH3 is 1. The first-order chi connectivity index (χ1) is 10.7. The summed E-state index contributed by atoms with van der Waals surface area (Å²) in [5.74, 6) is 1.10. The lowest BCUT2D eigenvalue weighted by Crippen LogP contribution is -2.46. The summed E-state index contributed by atoms with van der Waals surface area (Å²) in [7, 11) is 1.66. The number of hydrogen-bond donors (Lipinski definition) is 2. The van der Waals surface area contributed by atoms with Crippen molar-refractivity contribution < 1.29 is 14.6 Å². The van der Waals surface area contributed by atoms with Crippen LogP contribution < -0.4 is 10.1 Å². The third-order valence-corrected chi connectivity index (χ3v) is 4.14. The van der Waals surface area contributed by atoms with E-state index in [9.17, 15) is 9.90 Å². The molecule has 1 saturated heterocycles. The lowest BCUT2D eigenvalue weighted by Gasteiger charge is -2.31. The molecule has 0 spiro atoms. The lowest BCUT2D eigenvalue weighted by molar-refractivity contribution is 0.129. The van der Waals surface area contributed by atoms with Gasteiger partial charge in [0.15, 0.2) is 0 Å². The first-order valence-electron chi connectivity index (χ1n) is 7.99. The monoisotopic (exact) mass is 306 g/mol. The fourth-order valence-corrected chi connectivity index (χ4v) is 2.79. The largest absolute Gasteiger partial charge is 0.497 e. The van der Waals surface area contributed by atoms with Crippen molar-refractivity contribution in [2.45, 2.75) is 25.7 Å². The zero-order valence-corrected chi connectivity index (χ0v) is 13.3. The lowest BCUT2D eigenvalue weighted by atomic mass is 9.99. The number of rotatable bonds is 6. The number of aliphatic hydroxyl groups is 1. The van der Waals surface area contributed by atoms with Gasteiger partial charge in [-0.2, -0.15) is 0 Å². The number of amides is 2. The van der Waals surface area contributed by atoms with Crippen LogP contribution in [0.15, 0.2) is 24.3 Å². The average molecular weight is 306 g/mol. The van der Waals surface area contributed by atoms with Crippen LogP contribution in [0.3, 0.4) is 0 Å². The van der Waals surface area contributed by atoms with E-state index in [0.717, 1.165) is 38.0 Å². The molecule has 0 radical (unpaired) electrons. The number of nitrogens with one attached hydrogen (secondary N) is 1. The van der Waals surface area contributed by atoms with Gasteiger partial charge < -0.3 is 20.1 Å². The Hall–Kier alpha value is -1.75. The van der Waals surface area contributed by atoms with Gasteiger partial charge >= 0.3 is 6.03 Å². The van der Waals surface area contributed by atoms with Gasteiger partial charge in [0.05, 0.1) is 7.11 Å². The molecule has 122 valence electrons. The van der Waals surface area contributed by atoms with Crippen molar-refractivity contribution in [3.63, 3.8) is 0 Å². The molecule has 1 aromatic carbocycles. The van der Waals surface area contributed by atoms with Gasteiger partial charge in [-0.05, 0) is 49.3 Å². The second-order valence-electron chi connectivity index (χ2n) is 5.82. The van der Waals surface area contributed by atoms with Crippen LogP contribution in [0.4, 0.5) is 4.79 Å². The SMILES string of the molecule is COc1ccc(CCCNC(=O)N2CCCC(CO)C2)cc1. The van der Waals surface area contributed by atoms with Crippen LogP contribution in [0.1, 0.15) is 24.8 Å². The van der Waals surface area contributed by atoms with E-state index in [1.54, 1.807) is 7.11 Å². The van der Waals surface area contributed by atoms with Gasteiger partial charge in [0.2, 0.25) is 0 Å². The Morgan fingerprint density at radius 3 is 2.86 bits per heavy atom. The number of piperidine rings is 1. The van der Waals surface area contributed by atoms with E-state index < -0.39 is 0 Å². The number of hydrogen-bond acceptors (Lipinski definition) is 3. The molecule has 5 nitrogen and oxygen atoms in total. The molecular weight excluding hydrogens is 280 g/mol. The molecule has 1 aliphatic heterocycles. The van der Waals surface area contributed by atoms with E-state index in [0.29, 0.717) is 13.1 Å². The van der Waals surface area contributed by atoms with Crippen LogP contribution in [0.2, 0.25) is 0 Å². The molecular formula is C17H26N2O3. The molecule has 5 heteroatoms. The van der Waals surface area contributed by atoms with Crippen LogP contribution in [0, 0.1) is 5.92 Å². The van der Waals surface area contributed by atoms with Crippen LogP contribution in [0.5, 0.6) is 5.75 Å². The van der Waals surface area contributed by atoms with Crippen LogP contribution in [0.25, 0.3) is 0 Å². The number of carbonyl (C=O) groups excluding carboxylic acids is 1. The molecule has 2 amide bonds. The molecule has 0 saturated carbocycles. The Morgan fingerprint density at radius 1 is 1.41 bits per heavy atom. The number of aliphatic hydroxyl groups excluding tert-OH is 1. The number of aryl methyl sites for hydroxylation is 1. The number of benzene rings is 1. The molecule has 0 bridgehead atoms. The van der Waals surface area contributed by atoms with Crippen molar-refractivity contribution in [3.8, 4) is 5.75 Å². The van der Waals surface area contributed by atoms with Gasteiger partial charge in [-0.25, -0.2) is 4.79 Å². The van der Waals surface area contributed by atoms with Gasteiger partial charge in [-0.3, -0.25) is 0 Å². The summed E-state index contributed by atoms with van der Waals surface area (Å²) < 4.78 is 5.13. The van der Waals surface area contributed by atoms with E-state index in [2.05, 4.69) is 17.4 Å². The van der Waals surface area contributed by atoms with Crippen molar-refractivity contribution >= 4 is 6.03 Å². The maximum atomic E-state index is 12.1. The summed E-state index contributed by atoms with van der Waals surface area (Å²) in [4.78, 5) is 13.9. The number of likely N-dealkylation sites (tertiary alicyclic amines) is 1. The minimum Gasteiger partial charge on any atom is -0.497 e. The fraction of sp³-hybridized carbons (Fsp3) is 0.588. The Morgan fingerprint density at radius 2 is 2.18 bits per heavy atom. The standard InChI is InChI=1S/C17H26N2O3/c1-22-16-8-6-14(7-9-16)4-2-10-18-17(21)19-11-3-5-15(12-19)13-20/h6-9,15,20H,2-5,10-13H2,1H3,(H,18,21). The zero-order valence-electron chi connectivity index (χ0n) is 13.3. The molecule has 1 atom stereocenters. The summed E-state index contributed by atoms with van der Waals surface area (Å²) in [6, 6.07) is 8.01. The molecule has 0 aromatic heterocycles. The van der Waals surface area contributed by atoms with E-state index >= 15 is 0 Å². The highest BCUT2D eigenvalue weighted by Gasteiger charge is 2.22. The molecule has 1 fully saturated rings. The third kappa shape index (κ3) is 4.91. The van der Waals surface area contributed by atoms with Crippen molar-refractivity contribution in [2.75, 3.05) is 33.4 Å². The summed E-state index contributed by atoms with van der Waals surface area (Å²) in [5, 5.41) is 12.2. The predicted octanol–water partition coefficient (Wildman–Crippen LogP) is 2.04. The minimum atomic E-state index is -0.00659. The first-order valence-corrected chi connectivity index (χ1v) is 7.99. The first kappa shape index (κ1) is 16.6. The Balaban J connectivity index is 1.66. The minimum absolute atomic E-state index is 0.00659. The molecule has 1 unspecified atom stereocenters. The summed E-state index contributed by atoms with van der Waals surface area (Å²) in [6.07, 6.45) is 3.83. The van der Waals surface area contributed by atoms with Crippen LogP contribution >= 0.6 is 0 Å². The number of ether oxygens (including phenoxy) is 1. The Kier molecular flexibility index (Phi) is 6.52. The smallest absolute Gasteiger partial charge is 0.317 e. The third-order valence-electron chi connectivity index (χ3n) is 4.14. The van der Waals surface area contributed by atoms with Gasteiger partial charge in [0.1, 0.15) is 5.75 Å². The van der Waals surface area contributed by atoms with Crippen LogP contribution in [-0.2, 0) is 6.42 Å². The van der Waals surface area contributed by atoms with Crippen molar-refractivity contribution in [2.24, 2.45) is 5.92 Å². The molecule has 0 aliphatic carbocycles. The van der Waals surface area contributed by atoms with E-state index in [-0.39, 0.29) is 18.6 Å². The normalized spacial score (nSPS) is 18.1. The second kappa shape index (κ2) is 8.63. The maximum Gasteiger partial charge on any atom is 0.317 e. The Bertz CT molecular complexity index is 461. The van der Waals surface area contributed by atoms with E-state index in [4.69, 9.17) is 4.74 Å². The molecule has 1 heterocycles. The zero-order chi connectivity index (χ0) is 15.8. The van der Waals surface area contributed by atoms with Gasteiger partial charge in [0, 0.05) is 26.2 Å². The van der Waals surface area contributed by atoms with Gasteiger partial charge in [0.25, 0.3) is 0 Å². The summed E-state index contributed by atoms with van der Waals surface area (Å²) in [5.41, 5.74) is 1.24. The fourth-order valence-electron chi connectivity index (χ4n) is 2.79. The summed E-state index contributed by atoms with van der Waals surface area (Å²) in [6.45, 7) is 2.30. The molecule has 1 aromatic rings. The second-order valence-corrected chi connectivity index (χ2v) is 5.82. The van der Waals surface area contributed by atoms with E-state index in [1.807, 2.05) is 17.0 Å². The van der Waals surface area contributed by atoms with Crippen molar-refractivity contribution in [1.29, 1.82) is 0 Å². The molecule has 2 N–H and O–H groups in total. The number of carbonyl (C=O) groups is 1. The van der Waals surface area contributed by atoms with E-state index in [1.165, 1.54) is 5.56 Å². The van der Waals surface area contributed by atoms with Crippen molar-refractivity contribution in [3.05, 3.63) is 29.8 Å². The predicted molar refractivity (Wildman–Crippen MR) is 86.1 cm³/mol. The molecule has 1 aliphatic rings. The van der Waals surface area contributed by atoms with Gasteiger partial charge in [-0.1, -0.05) is 12.1 Å². The number of nitrogens with zero attached hydrogens (tertiary/aromatic N) is 1. The summed E-state index contributed by atoms with van der Waals surface area (Å²) >= 11 is 0. The number of urea groups is 1. The van der Waals surface area contributed by atoms with Gasteiger partial charge in [-0.15, -0.1) is 0 Å². The molecule has 22 heavy (non-hydrogen) atoms. The highest BCUT2D eigenvalue weighted by Crippen LogP contribution is 2.15. The molecule has 2 rings (SSSR count). The topological polar surface area (TPSA) is 61.8 Å². The quantitative estimate of drug-likeness (QED) is 0.791. The Labute approximate surface area is 132 Å². The van der Waals surface area contributed by atoms with Crippen LogP contribution in [-0.4, -0.2) is 49.4 Å². The highest BCUT2D eigenvalue weighted by atomic mass is 16.5.